The predicted octanol–water partition coefficient (Wildman–Crippen LogP) is -0.0923. The van der Waals surface area contributed by atoms with Crippen LogP contribution in [0.5, 0.6) is 0 Å². The zero-order valence-electron chi connectivity index (χ0n) is 10.5. The molecule has 0 radical (unpaired) electrons. The monoisotopic (exact) mass is 242 g/mol. The average Bonchev–Trinajstić information content (AvgIpc) is 2.33. The van der Waals surface area contributed by atoms with E-state index in [4.69, 9.17) is 9.47 Å². The lowest BCUT2D eigenvalue weighted by Crippen LogP contribution is -2.59. The molecule has 17 heavy (non-hydrogen) atoms. The Morgan fingerprint density at radius 3 is 2.76 bits per heavy atom. The van der Waals surface area contributed by atoms with Crippen LogP contribution < -0.4 is 10.6 Å². The molecule has 0 aliphatic carbocycles. The summed E-state index contributed by atoms with van der Waals surface area (Å²) in [4.78, 5) is 11.6. The van der Waals surface area contributed by atoms with Crippen LogP contribution in [0.15, 0.2) is 0 Å². The van der Waals surface area contributed by atoms with Gasteiger partial charge < -0.3 is 20.1 Å². The third kappa shape index (κ3) is 3.94. The number of hydrogen-bond donors (Lipinski definition) is 2. The van der Waals surface area contributed by atoms with Gasteiger partial charge in [-0.15, -0.1) is 0 Å². The first-order valence-corrected chi connectivity index (χ1v) is 6.37. The highest BCUT2D eigenvalue weighted by molar-refractivity contribution is 5.77. The van der Waals surface area contributed by atoms with Gasteiger partial charge >= 0.3 is 0 Å². The molecule has 2 aliphatic heterocycles. The van der Waals surface area contributed by atoms with E-state index < -0.39 is 0 Å². The van der Waals surface area contributed by atoms with E-state index in [2.05, 4.69) is 10.6 Å². The van der Waals surface area contributed by atoms with E-state index in [1.807, 2.05) is 6.92 Å². The van der Waals surface area contributed by atoms with E-state index in [-0.39, 0.29) is 18.1 Å². The minimum absolute atomic E-state index is 0.00961. The third-order valence-electron chi connectivity index (χ3n) is 3.48. The number of carbonyl (C=O) groups is 1. The molecule has 0 saturated carbocycles. The zero-order chi connectivity index (χ0) is 12.1. The molecule has 2 N–H and O–H groups in total. The molecule has 0 spiro atoms. The van der Waals surface area contributed by atoms with Gasteiger partial charge in [-0.25, -0.2) is 0 Å². The lowest BCUT2D eigenvalue weighted by atomic mass is 10.00. The summed E-state index contributed by atoms with van der Waals surface area (Å²) in [5.74, 6) is 0.554. The Morgan fingerprint density at radius 1 is 1.47 bits per heavy atom. The van der Waals surface area contributed by atoms with Crippen molar-refractivity contribution in [2.24, 2.45) is 5.92 Å². The lowest BCUT2D eigenvalue weighted by molar-refractivity contribution is -0.136. The van der Waals surface area contributed by atoms with Crippen LogP contribution in [0.1, 0.15) is 19.8 Å². The summed E-state index contributed by atoms with van der Waals surface area (Å²) < 4.78 is 10.8. The van der Waals surface area contributed by atoms with Crippen LogP contribution in [0.4, 0.5) is 0 Å². The maximum atomic E-state index is 11.6. The molecule has 1 amide bonds. The normalized spacial score (nSPS) is 24.1. The Morgan fingerprint density at radius 2 is 2.18 bits per heavy atom. The maximum Gasteiger partial charge on any atom is 0.246 e. The molecular formula is C12H22N2O3. The van der Waals surface area contributed by atoms with Gasteiger partial charge in [0.2, 0.25) is 5.91 Å². The Balaban J connectivity index is 1.57. The van der Waals surface area contributed by atoms with Gasteiger partial charge in [-0.2, -0.15) is 0 Å². The second-order valence-corrected chi connectivity index (χ2v) is 5.20. The number of rotatable bonds is 5. The fourth-order valence-corrected chi connectivity index (χ4v) is 2.08. The molecule has 2 aliphatic rings. The maximum absolute atomic E-state index is 11.6. The summed E-state index contributed by atoms with van der Waals surface area (Å²) in [5, 5.41) is 6.07. The quantitative estimate of drug-likeness (QED) is 0.707. The molecule has 2 fully saturated rings. The van der Waals surface area contributed by atoms with Crippen LogP contribution in [0.2, 0.25) is 0 Å². The molecular weight excluding hydrogens is 220 g/mol. The van der Waals surface area contributed by atoms with E-state index in [9.17, 15) is 4.79 Å². The molecule has 2 heterocycles. The summed E-state index contributed by atoms with van der Waals surface area (Å²) in [6.45, 7) is 6.25. The largest absolute Gasteiger partial charge is 0.381 e. The molecule has 0 aromatic rings. The third-order valence-corrected chi connectivity index (χ3v) is 3.48. The first-order chi connectivity index (χ1) is 8.18. The highest BCUT2D eigenvalue weighted by Gasteiger charge is 2.33. The first-order valence-electron chi connectivity index (χ1n) is 6.37. The van der Waals surface area contributed by atoms with Gasteiger partial charge in [-0.3, -0.25) is 4.79 Å². The SMILES string of the molecule is CC1(OCC(=O)NCC2CCOCC2)CNC1. The van der Waals surface area contributed by atoms with Gasteiger partial charge in [0.05, 0.1) is 5.60 Å². The minimum atomic E-state index is -0.143. The summed E-state index contributed by atoms with van der Waals surface area (Å²) >= 11 is 0. The average molecular weight is 242 g/mol. The van der Waals surface area contributed by atoms with Crippen molar-refractivity contribution in [2.45, 2.75) is 25.4 Å². The van der Waals surface area contributed by atoms with Crippen molar-refractivity contribution < 1.29 is 14.3 Å². The summed E-state index contributed by atoms with van der Waals surface area (Å²) in [5.41, 5.74) is -0.143. The van der Waals surface area contributed by atoms with Crippen molar-refractivity contribution in [1.82, 2.24) is 10.6 Å². The number of hydrogen-bond acceptors (Lipinski definition) is 4. The molecule has 0 bridgehead atoms. The fourth-order valence-electron chi connectivity index (χ4n) is 2.08. The molecule has 0 aromatic heterocycles. The van der Waals surface area contributed by atoms with Gasteiger partial charge in [0.1, 0.15) is 6.61 Å². The van der Waals surface area contributed by atoms with Gasteiger partial charge in [-0.1, -0.05) is 0 Å². The van der Waals surface area contributed by atoms with Gasteiger partial charge in [0.25, 0.3) is 0 Å². The van der Waals surface area contributed by atoms with Crippen LogP contribution in [-0.4, -0.2) is 51.0 Å². The number of ether oxygens (including phenoxy) is 2. The molecule has 0 unspecified atom stereocenters. The highest BCUT2D eigenvalue weighted by atomic mass is 16.5. The molecule has 2 saturated heterocycles. The number of nitrogens with one attached hydrogen (secondary N) is 2. The topological polar surface area (TPSA) is 59.6 Å². The van der Waals surface area contributed by atoms with Crippen molar-refractivity contribution in [3.05, 3.63) is 0 Å². The van der Waals surface area contributed by atoms with Crippen LogP contribution >= 0.6 is 0 Å². The predicted molar refractivity (Wildman–Crippen MR) is 63.8 cm³/mol. The molecule has 5 heteroatoms. The van der Waals surface area contributed by atoms with E-state index in [1.54, 1.807) is 0 Å². The van der Waals surface area contributed by atoms with Gasteiger partial charge in [0.15, 0.2) is 0 Å². The van der Waals surface area contributed by atoms with Crippen LogP contribution in [0.25, 0.3) is 0 Å². The van der Waals surface area contributed by atoms with Crippen LogP contribution in [-0.2, 0) is 14.3 Å². The molecule has 0 aromatic carbocycles. The number of carbonyl (C=O) groups excluding carboxylic acids is 1. The second-order valence-electron chi connectivity index (χ2n) is 5.20. The van der Waals surface area contributed by atoms with E-state index in [0.717, 1.165) is 45.7 Å². The summed E-state index contributed by atoms with van der Waals surface area (Å²) in [7, 11) is 0. The standard InChI is InChI=1S/C12H22N2O3/c1-12(8-13-9-12)17-7-11(15)14-6-10-2-4-16-5-3-10/h10,13H,2-9H2,1H3,(H,14,15). The van der Waals surface area contributed by atoms with Crippen molar-refractivity contribution in [1.29, 1.82) is 0 Å². The summed E-state index contributed by atoms with van der Waals surface area (Å²) in [6, 6.07) is 0. The van der Waals surface area contributed by atoms with Gasteiger partial charge in [0, 0.05) is 32.8 Å². The molecule has 0 atom stereocenters. The lowest BCUT2D eigenvalue weighted by Gasteiger charge is -2.38. The highest BCUT2D eigenvalue weighted by Crippen LogP contribution is 2.15. The van der Waals surface area contributed by atoms with E-state index in [1.165, 1.54) is 0 Å². The van der Waals surface area contributed by atoms with Crippen molar-refractivity contribution in [3.63, 3.8) is 0 Å². The Bertz CT molecular complexity index is 260. The zero-order valence-corrected chi connectivity index (χ0v) is 10.5. The summed E-state index contributed by atoms with van der Waals surface area (Å²) in [6.07, 6.45) is 2.09. The van der Waals surface area contributed by atoms with Crippen molar-refractivity contribution in [3.8, 4) is 0 Å². The van der Waals surface area contributed by atoms with Gasteiger partial charge in [-0.05, 0) is 25.7 Å². The van der Waals surface area contributed by atoms with Crippen LogP contribution in [0.3, 0.4) is 0 Å². The van der Waals surface area contributed by atoms with E-state index in [0.29, 0.717) is 5.92 Å². The first kappa shape index (κ1) is 12.8. The van der Waals surface area contributed by atoms with Crippen molar-refractivity contribution in [2.75, 3.05) is 39.5 Å². The molecule has 98 valence electrons. The molecule has 2 rings (SSSR count). The number of amides is 1. The van der Waals surface area contributed by atoms with Crippen molar-refractivity contribution >= 4 is 5.91 Å². The minimum Gasteiger partial charge on any atom is -0.381 e. The van der Waals surface area contributed by atoms with Crippen LogP contribution in [0, 0.1) is 5.92 Å². The Hall–Kier alpha value is -0.650. The fraction of sp³-hybridized carbons (Fsp3) is 0.917. The Labute approximate surface area is 102 Å². The molecule has 5 nitrogen and oxygen atoms in total. The Kier molecular flexibility index (Phi) is 4.36. The smallest absolute Gasteiger partial charge is 0.246 e. The van der Waals surface area contributed by atoms with E-state index >= 15 is 0 Å². The second kappa shape index (κ2) is 5.80.